The molecule has 0 saturated carbocycles. The summed E-state index contributed by atoms with van der Waals surface area (Å²) < 4.78 is 27.2. The zero-order valence-corrected chi connectivity index (χ0v) is 11.9. The predicted molar refractivity (Wildman–Crippen MR) is 78.2 cm³/mol. The van der Waals surface area contributed by atoms with Crippen molar-refractivity contribution in [1.82, 2.24) is 0 Å². The van der Waals surface area contributed by atoms with Crippen LogP contribution < -0.4 is 11.1 Å². The van der Waals surface area contributed by atoms with Gasteiger partial charge in [-0.15, -0.1) is 0 Å². The van der Waals surface area contributed by atoms with E-state index in [0.717, 1.165) is 15.7 Å². The summed E-state index contributed by atoms with van der Waals surface area (Å²) in [5, 5.41) is 3.46. The van der Waals surface area contributed by atoms with Crippen molar-refractivity contribution in [3.63, 3.8) is 0 Å². The van der Waals surface area contributed by atoms with E-state index < -0.39 is 11.6 Å². The molecule has 0 fully saturated rings. The average molecular weight is 381 g/mol. The van der Waals surface area contributed by atoms with E-state index in [9.17, 15) is 8.78 Å². The van der Waals surface area contributed by atoms with E-state index in [4.69, 9.17) is 17.3 Å². The normalized spacial score (nSPS) is 10.4. The molecule has 0 aromatic heterocycles. The maximum absolute atomic E-state index is 13.3. The van der Waals surface area contributed by atoms with Crippen molar-refractivity contribution in [2.45, 2.75) is 0 Å². The van der Waals surface area contributed by atoms with Crippen LogP contribution in [0.1, 0.15) is 0 Å². The fourth-order valence-electron chi connectivity index (χ4n) is 1.42. The van der Waals surface area contributed by atoms with Crippen LogP contribution in [0.2, 0.25) is 5.02 Å². The van der Waals surface area contributed by atoms with E-state index in [-0.39, 0.29) is 11.4 Å². The van der Waals surface area contributed by atoms with Crippen molar-refractivity contribution < 1.29 is 8.78 Å². The van der Waals surface area contributed by atoms with Crippen molar-refractivity contribution in [2.75, 3.05) is 11.1 Å². The second kappa shape index (κ2) is 5.27. The molecule has 0 unspecified atom stereocenters. The second-order valence-corrected chi connectivity index (χ2v) is 5.20. The quantitative estimate of drug-likeness (QED) is 0.593. The molecule has 0 aliphatic carbocycles. The topological polar surface area (TPSA) is 38.0 Å². The molecule has 0 spiro atoms. The Morgan fingerprint density at radius 3 is 2.50 bits per heavy atom. The van der Waals surface area contributed by atoms with Gasteiger partial charge in [0.15, 0.2) is 5.82 Å². The molecule has 0 aliphatic heterocycles. The van der Waals surface area contributed by atoms with Crippen LogP contribution in [0.15, 0.2) is 30.3 Å². The van der Waals surface area contributed by atoms with Gasteiger partial charge in [-0.3, -0.25) is 0 Å². The highest BCUT2D eigenvalue weighted by Crippen LogP contribution is 2.30. The molecule has 3 N–H and O–H groups in total. The Morgan fingerprint density at radius 1 is 1.11 bits per heavy atom. The van der Waals surface area contributed by atoms with Crippen molar-refractivity contribution in [2.24, 2.45) is 0 Å². The van der Waals surface area contributed by atoms with Gasteiger partial charge >= 0.3 is 0 Å². The Bertz CT molecular complexity index is 605. The summed E-state index contributed by atoms with van der Waals surface area (Å²) in [5.41, 5.74) is 6.29. The monoisotopic (exact) mass is 380 g/mol. The van der Waals surface area contributed by atoms with Crippen molar-refractivity contribution in [1.29, 1.82) is 0 Å². The molecule has 0 aliphatic rings. The molecule has 0 radical (unpaired) electrons. The summed E-state index contributed by atoms with van der Waals surface area (Å²) >= 11 is 7.89. The molecule has 2 aromatic rings. The third-order valence-corrected chi connectivity index (χ3v) is 3.42. The number of anilines is 3. The van der Waals surface area contributed by atoms with Crippen LogP contribution in [0.4, 0.5) is 25.8 Å². The number of rotatable bonds is 2. The highest BCUT2D eigenvalue weighted by atomic mass is 127. The Hall–Kier alpha value is -1.08. The molecule has 6 heteroatoms. The van der Waals surface area contributed by atoms with Crippen LogP contribution in [-0.2, 0) is 0 Å². The minimum Gasteiger partial charge on any atom is -0.395 e. The van der Waals surface area contributed by atoms with Crippen LogP contribution in [0.5, 0.6) is 0 Å². The molecular weight excluding hydrogens is 372 g/mol. The molecule has 2 aromatic carbocycles. The van der Waals surface area contributed by atoms with E-state index in [2.05, 4.69) is 27.9 Å². The van der Waals surface area contributed by atoms with Crippen LogP contribution >= 0.6 is 34.2 Å². The minimum atomic E-state index is -0.790. The van der Waals surface area contributed by atoms with Crippen LogP contribution in [-0.4, -0.2) is 0 Å². The number of hydrogen-bond donors (Lipinski definition) is 2. The van der Waals surface area contributed by atoms with Crippen LogP contribution in [0.3, 0.4) is 0 Å². The Balaban J connectivity index is 2.40. The maximum atomic E-state index is 13.3. The lowest BCUT2D eigenvalue weighted by molar-refractivity contribution is 0.587. The molecular formula is C12H8ClF2IN2. The summed E-state index contributed by atoms with van der Waals surface area (Å²) in [7, 11) is 0. The summed E-state index contributed by atoms with van der Waals surface area (Å²) in [6.45, 7) is 0. The number of benzene rings is 2. The number of nitrogen functional groups attached to an aromatic ring is 1. The van der Waals surface area contributed by atoms with Gasteiger partial charge in [-0.25, -0.2) is 8.78 Å². The molecule has 0 atom stereocenters. The molecule has 2 rings (SSSR count). The van der Waals surface area contributed by atoms with Crippen molar-refractivity contribution >= 4 is 51.3 Å². The Labute approximate surface area is 121 Å². The van der Waals surface area contributed by atoms with Gasteiger partial charge in [0.2, 0.25) is 0 Å². The standard InChI is InChI=1S/C12H8ClF2IN2/c13-6-1-2-10(9(16)3-6)18-11-5-7(14)4-8(15)12(11)17/h1-5,18H,17H2. The van der Waals surface area contributed by atoms with Crippen LogP contribution in [0, 0.1) is 15.2 Å². The molecule has 0 saturated heterocycles. The predicted octanol–water partition coefficient (Wildman–Crippen LogP) is 4.55. The van der Waals surface area contributed by atoms with Crippen molar-refractivity contribution in [3.8, 4) is 0 Å². The Morgan fingerprint density at radius 2 is 1.83 bits per heavy atom. The molecule has 0 bridgehead atoms. The second-order valence-electron chi connectivity index (χ2n) is 3.60. The number of halogens is 4. The fraction of sp³-hybridized carbons (Fsp3) is 0. The molecule has 0 amide bonds. The Kier molecular flexibility index (Phi) is 3.91. The number of nitrogens with two attached hydrogens (primary N) is 1. The van der Waals surface area contributed by atoms with E-state index in [1.165, 1.54) is 0 Å². The lowest BCUT2D eigenvalue weighted by Gasteiger charge is -2.12. The lowest BCUT2D eigenvalue weighted by Crippen LogP contribution is -2.01. The third kappa shape index (κ3) is 2.84. The third-order valence-electron chi connectivity index (χ3n) is 2.29. The highest BCUT2D eigenvalue weighted by Gasteiger charge is 2.09. The first kappa shape index (κ1) is 13.4. The lowest BCUT2D eigenvalue weighted by atomic mass is 10.2. The van der Waals surface area contributed by atoms with E-state index in [1.54, 1.807) is 18.2 Å². The van der Waals surface area contributed by atoms with Gasteiger partial charge in [-0.05, 0) is 46.9 Å². The molecule has 2 nitrogen and oxygen atoms in total. The summed E-state index contributed by atoms with van der Waals surface area (Å²) in [5.74, 6) is -1.48. The summed E-state index contributed by atoms with van der Waals surface area (Å²) in [6.07, 6.45) is 0. The first-order chi connectivity index (χ1) is 8.47. The first-order valence-corrected chi connectivity index (χ1v) is 6.39. The number of nitrogens with one attached hydrogen (secondary N) is 1. The van der Waals surface area contributed by atoms with Gasteiger partial charge in [0.1, 0.15) is 5.82 Å². The zero-order chi connectivity index (χ0) is 13.3. The van der Waals surface area contributed by atoms with Crippen LogP contribution in [0.25, 0.3) is 0 Å². The summed E-state index contributed by atoms with van der Waals surface area (Å²) in [4.78, 5) is 0. The number of hydrogen-bond acceptors (Lipinski definition) is 2. The van der Waals surface area contributed by atoms with Gasteiger partial charge in [-0.2, -0.15) is 0 Å². The molecule has 0 heterocycles. The van der Waals surface area contributed by atoms with E-state index in [0.29, 0.717) is 10.7 Å². The minimum absolute atomic E-state index is 0.123. The van der Waals surface area contributed by atoms with Gasteiger partial charge in [-0.1, -0.05) is 11.6 Å². The largest absolute Gasteiger partial charge is 0.395 e. The zero-order valence-electron chi connectivity index (χ0n) is 8.98. The average Bonchev–Trinajstić information content (AvgIpc) is 2.29. The fourth-order valence-corrected chi connectivity index (χ4v) is 2.43. The van der Waals surface area contributed by atoms with Gasteiger partial charge in [0, 0.05) is 14.7 Å². The van der Waals surface area contributed by atoms with Gasteiger partial charge < -0.3 is 11.1 Å². The first-order valence-electron chi connectivity index (χ1n) is 4.94. The van der Waals surface area contributed by atoms with E-state index >= 15 is 0 Å². The molecule has 18 heavy (non-hydrogen) atoms. The highest BCUT2D eigenvalue weighted by molar-refractivity contribution is 14.1. The van der Waals surface area contributed by atoms with E-state index in [1.807, 2.05) is 0 Å². The molecule has 94 valence electrons. The maximum Gasteiger partial charge on any atom is 0.151 e. The SMILES string of the molecule is Nc1c(F)cc(F)cc1Nc1ccc(Cl)cc1I. The van der Waals surface area contributed by atoms with Gasteiger partial charge in [0.05, 0.1) is 17.1 Å². The van der Waals surface area contributed by atoms with Gasteiger partial charge in [0.25, 0.3) is 0 Å². The summed E-state index contributed by atoms with van der Waals surface area (Å²) in [6, 6.07) is 7.01. The van der Waals surface area contributed by atoms with Crippen molar-refractivity contribution in [3.05, 3.63) is 50.6 Å². The smallest absolute Gasteiger partial charge is 0.151 e.